The Balaban J connectivity index is 1.49. The fourth-order valence-electron chi connectivity index (χ4n) is 4.88. The van der Waals surface area contributed by atoms with Crippen LogP contribution in [0.4, 0.5) is 5.82 Å². The summed E-state index contributed by atoms with van der Waals surface area (Å²) < 4.78 is 1.11. The van der Waals surface area contributed by atoms with Crippen LogP contribution in [-0.4, -0.2) is 47.1 Å². The van der Waals surface area contributed by atoms with Gasteiger partial charge in [0.2, 0.25) is 0 Å². The van der Waals surface area contributed by atoms with Gasteiger partial charge in [0.1, 0.15) is 5.82 Å². The monoisotopic (exact) mass is 471 g/mol. The molecule has 0 saturated carbocycles. The summed E-state index contributed by atoms with van der Waals surface area (Å²) in [6.07, 6.45) is 6.34. The van der Waals surface area contributed by atoms with E-state index >= 15 is 0 Å². The first-order valence-corrected chi connectivity index (χ1v) is 11.8. The number of benzene rings is 1. The van der Waals surface area contributed by atoms with Crippen molar-refractivity contribution < 1.29 is 9.90 Å². The van der Waals surface area contributed by atoms with Gasteiger partial charge in [-0.1, -0.05) is 34.1 Å². The molecule has 6 heteroatoms. The zero-order valence-corrected chi connectivity index (χ0v) is 19.0. The van der Waals surface area contributed by atoms with E-state index in [4.69, 9.17) is 10.1 Å². The predicted octanol–water partition coefficient (Wildman–Crippen LogP) is 4.64. The molecular formula is C24H30BrN3O2. The Labute approximate surface area is 187 Å². The largest absolute Gasteiger partial charge is 0.481 e. The quantitative estimate of drug-likeness (QED) is 0.586. The van der Waals surface area contributed by atoms with Crippen LogP contribution in [-0.2, 0) is 23.1 Å². The van der Waals surface area contributed by atoms with Crippen LogP contribution in [0.5, 0.6) is 0 Å². The number of nitrogens with zero attached hydrogens (tertiary/aromatic N) is 2. The van der Waals surface area contributed by atoms with Crippen molar-refractivity contribution in [3.63, 3.8) is 0 Å². The Morgan fingerprint density at radius 2 is 2.20 bits per heavy atom. The van der Waals surface area contributed by atoms with Crippen molar-refractivity contribution in [1.29, 1.82) is 0 Å². The molecule has 1 atom stereocenters. The maximum Gasteiger partial charge on any atom is 0.303 e. The number of nitrogens with one attached hydrogen (secondary N) is 1. The number of carboxylic acid groups (broad SMARTS) is 1. The van der Waals surface area contributed by atoms with Gasteiger partial charge in [-0.25, -0.2) is 4.98 Å². The topological polar surface area (TPSA) is 65.5 Å². The molecule has 1 aromatic carbocycles. The standard InChI is InChI=1S/C24H30BrN3O2/c25-20-6-1-5-19(16-20)24(12-15-28(17-24)14-3-7-22(29)30)11-10-21-9-8-18-4-2-13-26-23(18)27-21/h1,5-6,8-9,16H,2-4,7,10-15,17H2,(H,26,27)(H,29,30). The molecule has 5 nitrogen and oxygen atoms in total. The average Bonchev–Trinajstić information content (AvgIpc) is 3.16. The van der Waals surface area contributed by atoms with Crippen molar-refractivity contribution in [1.82, 2.24) is 9.88 Å². The number of fused-ring (bicyclic) bond motifs is 1. The van der Waals surface area contributed by atoms with Gasteiger partial charge in [0.15, 0.2) is 0 Å². The van der Waals surface area contributed by atoms with E-state index in [1.54, 1.807) is 0 Å². The lowest BCUT2D eigenvalue weighted by Gasteiger charge is -2.31. The molecule has 2 aliphatic heterocycles. The van der Waals surface area contributed by atoms with Gasteiger partial charge in [-0.05, 0) is 80.9 Å². The van der Waals surface area contributed by atoms with Gasteiger partial charge >= 0.3 is 5.97 Å². The first-order chi connectivity index (χ1) is 14.5. The second kappa shape index (κ2) is 9.48. The number of hydrogen-bond donors (Lipinski definition) is 2. The van der Waals surface area contributed by atoms with Gasteiger partial charge in [0.05, 0.1) is 0 Å². The molecule has 0 aliphatic carbocycles. The Bertz CT molecular complexity index is 904. The molecule has 1 fully saturated rings. The number of rotatable bonds is 8. The lowest BCUT2D eigenvalue weighted by molar-refractivity contribution is -0.137. The van der Waals surface area contributed by atoms with E-state index in [1.165, 1.54) is 17.5 Å². The second-order valence-corrected chi connectivity index (χ2v) is 9.57. The lowest BCUT2D eigenvalue weighted by Crippen LogP contribution is -2.32. The molecule has 0 radical (unpaired) electrons. The van der Waals surface area contributed by atoms with Gasteiger partial charge in [0, 0.05) is 35.1 Å². The van der Waals surface area contributed by atoms with E-state index in [0.717, 1.165) is 67.8 Å². The zero-order valence-electron chi connectivity index (χ0n) is 17.4. The Hall–Kier alpha value is -1.92. The van der Waals surface area contributed by atoms with E-state index in [-0.39, 0.29) is 11.8 Å². The molecule has 1 aromatic heterocycles. The number of halogens is 1. The Morgan fingerprint density at radius 1 is 1.30 bits per heavy atom. The summed E-state index contributed by atoms with van der Waals surface area (Å²) in [4.78, 5) is 18.2. The summed E-state index contributed by atoms with van der Waals surface area (Å²) in [5.74, 6) is 0.358. The molecule has 160 valence electrons. The normalized spacial score (nSPS) is 21.2. The minimum absolute atomic E-state index is 0.0814. The van der Waals surface area contributed by atoms with Crippen molar-refractivity contribution in [2.45, 2.75) is 50.4 Å². The summed E-state index contributed by atoms with van der Waals surface area (Å²) in [7, 11) is 0. The molecule has 1 unspecified atom stereocenters. The average molecular weight is 472 g/mol. The molecule has 0 amide bonds. The molecular weight excluding hydrogens is 442 g/mol. The van der Waals surface area contributed by atoms with Gasteiger partial charge in [-0.3, -0.25) is 4.79 Å². The van der Waals surface area contributed by atoms with Crippen LogP contribution in [0, 0.1) is 0 Å². The van der Waals surface area contributed by atoms with Crippen molar-refractivity contribution in [3.8, 4) is 0 Å². The van der Waals surface area contributed by atoms with Gasteiger partial charge in [-0.2, -0.15) is 0 Å². The number of aliphatic carboxylic acids is 1. The third-order valence-corrected chi connectivity index (χ3v) is 7.04. The number of carboxylic acids is 1. The number of hydrogen-bond acceptors (Lipinski definition) is 4. The van der Waals surface area contributed by atoms with Crippen LogP contribution < -0.4 is 5.32 Å². The van der Waals surface area contributed by atoms with Crippen molar-refractivity contribution in [2.24, 2.45) is 0 Å². The molecule has 0 spiro atoms. The highest BCUT2D eigenvalue weighted by atomic mass is 79.9. The lowest BCUT2D eigenvalue weighted by atomic mass is 9.75. The summed E-state index contributed by atoms with van der Waals surface area (Å²) in [5, 5.41) is 12.4. The number of carbonyl (C=O) groups is 1. The van der Waals surface area contributed by atoms with Crippen LogP contribution >= 0.6 is 15.9 Å². The SMILES string of the molecule is O=C(O)CCCN1CCC(CCc2ccc3c(n2)NCCC3)(c2cccc(Br)c2)C1. The van der Waals surface area contributed by atoms with E-state index in [9.17, 15) is 4.79 Å². The molecule has 30 heavy (non-hydrogen) atoms. The fourth-order valence-corrected chi connectivity index (χ4v) is 5.28. The van der Waals surface area contributed by atoms with Gasteiger partial charge < -0.3 is 15.3 Å². The fraction of sp³-hybridized carbons (Fsp3) is 0.500. The highest BCUT2D eigenvalue weighted by Gasteiger charge is 2.39. The third-order valence-electron chi connectivity index (χ3n) is 6.55. The summed E-state index contributed by atoms with van der Waals surface area (Å²) in [5.41, 5.74) is 3.94. The first kappa shape index (κ1) is 21.3. The van der Waals surface area contributed by atoms with Crippen LogP contribution in [0.2, 0.25) is 0 Å². The molecule has 1 saturated heterocycles. The number of pyridine rings is 1. The molecule has 2 aliphatic rings. The van der Waals surface area contributed by atoms with Crippen LogP contribution in [0.15, 0.2) is 40.9 Å². The molecule has 3 heterocycles. The Morgan fingerprint density at radius 3 is 3.03 bits per heavy atom. The van der Waals surface area contributed by atoms with Crippen LogP contribution in [0.25, 0.3) is 0 Å². The minimum atomic E-state index is -0.709. The van der Waals surface area contributed by atoms with Crippen LogP contribution in [0.3, 0.4) is 0 Å². The van der Waals surface area contributed by atoms with E-state index in [2.05, 4.69) is 62.5 Å². The van der Waals surface area contributed by atoms with Gasteiger partial charge in [-0.15, -0.1) is 0 Å². The van der Waals surface area contributed by atoms with Crippen LogP contribution in [0.1, 0.15) is 48.9 Å². The van der Waals surface area contributed by atoms with Gasteiger partial charge in [0.25, 0.3) is 0 Å². The highest BCUT2D eigenvalue weighted by molar-refractivity contribution is 9.10. The molecule has 0 bridgehead atoms. The minimum Gasteiger partial charge on any atom is -0.481 e. The van der Waals surface area contributed by atoms with E-state index < -0.39 is 5.97 Å². The second-order valence-electron chi connectivity index (χ2n) is 8.65. The maximum absolute atomic E-state index is 10.9. The smallest absolute Gasteiger partial charge is 0.303 e. The number of aryl methyl sites for hydroxylation is 2. The summed E-state index contributed by atoms with van der Waals surface area (Å²) in [6, 6.07) is 13.1. The Kier molecular flexibility index (Phi) is 6.74. The summed E-state index contributed by atoms with van der Waals surface area (Å²) in [6.45, 7) is 3.86. The molecule has 2 N–H and O–H groups in total. The predicted molar refractivity (Wildman–Crippen MR) is 123 cm³/mol. The van der Waals surface area contributed by atoms with Crippen molar-refractivity contribution in [3.05, 3.63) is 57.7 Å². The zero-order chi connectivity index (χ0) is 21.0. The van der Waals surface area contributed by atoms with Crippen molar-refractivity contribution >= 4 is 27.7 Å². The highest BCUT2D eigenvalue weighted by Crippen LogP contribution is 2.40. The third kappa shape index (κ3) is 5.03. The number of likely N-dealkylation sites (tertiary alicyclic amines) is 1. The number of anilines is 1. The van der Waals surface area contributed by atoms with E-state index in [1.807, 2.05) is 0 Å². The molecule has 4 rings (SSSR count). The molecule has 2 aromatic rings. The van der Waals surface area contributed by atoms with Crippen molar-refractivity contribution in [2.75, 3.05) is 31.5 Å². The number of aromatic nitrogens is 1. The van der Waals surface area contributed by atoms with E-state index in [0.29, 0.717) is 6.42 Å². The summed E-state index contributed by atoms with van der Waals surface area (Å²) >= 11 is 3.64. The maximum atomic E-state index is 10.9. The first-order valence-electron chi connectivity index (χ1n) is 11.0.